The Morgan fingerprint density at radius 2 is 2.05 bits per heavy atom. The van der Waals surface area contributed by atoms with Crippen molar-refractivity contribution >= 4 is 43.5 Å². The Morgan fingerprint density at radius 1 is 1.47 bits per heavy atom. The van der Waals surface area contributed by atoms with E-state index >= 15 is 0 Å². The van der Waals surface area contributed by atoms with E-state index in [4.69, 9.17) is 10.5 Å². The van der Waals surface area contributed by atoms with Gasteiger partial charge in [0.1, 0.15) is 0 Å². The zero-order valence-electron chi connectivity index (χ0n) is 10.8. The summed E-state index contributed by atoms with van der Waals surface area (Å²) in [5.41, 5.74) is 7.09. The molecule has 1 saturated heterocycles. The maximum Gasteiger partial charge on any atom is 0.234 e. The molecule has 6 heteroatoms. The molecule has 0 aromatic heterocycles. The van der Waals surface area contributed by atoms with Gasteiger partial charge in [-0.3, -0.25) is 4.79 Å². The van der Waals surface area contributed by atoms with E-state index in [1.165, 1.54) is 0 Å². The summed E-state index contributed by atoms with van der Waals surface area (Å²) >= 11 is 6.92. The summed E-state index contributed by atoms with van der Waals surface area (Å²) in [5.74, 6) is -0.122. The number of nitrogens with two attached hydrogens (primary N) is 1. The van der Waals surface area contributed by atoms with Gasteiger partial charge in [-0.05, 0) is 63.4 Å². The summed E-state index contributed by atoms with van der Waals surface area (Å²) in [6.45, 7) is 4.58. The first-order valence-corrected chi connectivity index (χ1v) is 7.53. The van der Waals surface area contributed by atoms with Crippen molar-refractivity contribution in [2.45, 2.75) is 19.9 Å². The third-order valence-electron chi connectivity index (χ3n) is 3.46. The molecule has 104 valence electrons. The number of halogens is 2. The molecule has 1 fully saturated rings. The van der Waals surface area contributed by atoms with Crippen molar-refractivity contribution in [3.8, 4) is 0 Å². The summed E-state index contributed by atoms with van der Waals surface area (Å²) in [4.78, 5) is 12.4. The molecule has 2 atom stereocenters. The molecule has 0 radical (unpaired) electrons. The average molecular weight is 392 g/mol. The summed E-state index contributed by atoms with van der Waals surface area (Å²) in [6.07, 6.45) is 0. The van der Waals surface area contributed by atoms with Crippen LogP contribution in [0.2, 0.25) is 0 Å². The van der Waals surface area contributed by atoms with Crippen molar-refractivity contribution in [1.29, 1.82) is 0 Å². The SMILES string of the molecule is Cc1cc(Br)c(NC(=O)C2(C)COCC2N)c(Br)c1. The molecule has 4 nitrogen and oxygen atoms in total. The summed E-state index contributed by atoms with van der Waals surface area (Å²) in [6, 6.07) is 3.62. The first kappa shape index (κ1) is 15.0. The fourth-order valence-electron chi connectivity index (χ4n) is 2.00. The quantitative estimate of drug-likeness (QED) is 0.814. The zero-order valence-corrected chi connectivity index (χ0v) is 14.0. The van der Waals surface area contributed by atoms with Crippen LogP contribution >= 0.6 is 31.9 Å². The molecule has 0 aliphatic carbocycles. The Balaban J connectivity index is 2.25. The first-order valence-electron chi connectivity index (χ1n) is 5.95. The maximum absolute atomic E-state index is 12.4. The summed E-state index contributed by atoms with van der Waals surface area (Å²) < 4.78 is 6.98. The highest BCUT2D eigenvalue weighted by Crippen LogP contribution is 2.35. The van der Waals surface area contributed by atoms with Crippen LogP contribution in [0.5, 0.6) is 0 Å². The number of ether oxygens (including phenoxy) is 1. The molecule has 2 unspecified atom stereocenters. The number of hydrogen-bond acceptors (Lipinski definition) is 3. The molecule has 0 bridgehead atoms. The molecule has 1 heterocycles. The number of nitrogens with one attached hydrogen (secondary N) is 1. The Morgan fingerprint density at radius 3 is 2.53 bits per heavy atom. The van der Waals surface area contributed by atoms with Crippen LogP contribution < -0.4 is 11.1 Å². The smallest absolute Gasteiger partial charge is 0.234 e. The van der Waals surface area contributed by atoms with Gasteiger partial charge in [0.15, 0.2) is 0 Å². The second kappa shape index (κ2) is 5.52. The lowest BCUT2D eigenvalue weighted by molar-refractivity contribution is -0.125. The van der Waals surface area contributed by atoms with E-state index < -0.39 is 5.41 Å². The standard InChI is InChI=1S/C13H16Br2N2O2/c1-7-3-8(14)11(9(15)4-7)17-12(18)13(2)6-19-5-10(13)16/h3-4,10H,5-6,16H2,1-2H3,(H,17,18). The lowest BCUT2D eigenvalue weighted by Gasteiger charge is -2.26. The van der Waals surface area contributed by atoms with Crippen LogP contribution in [0, 0.1) is 12.3 Å². The van der Waals surface area contributed by atoms with Gasteiger partial charge in [-0.1, -0.05) is 0 Å². The fourth-order valence-corrected chi connectivity index (χ4v) is 3.61. The van der Waals surface area contributed by atoms with E-state index in [2.05, 4.69) is 37.2 Å². The van der Waals surface area contributed by atoms with Gasteiger partial charge in [0.05, 0.1) is 24.3 Å². The minimum Gasteiger partial charge on any atom is -0.379 e. The van der Waals surface area contributed by atoms with Gasteiger partial charge in [0.25, 0.3) is 0 Å². The van der Waals surface area contributed by atoms with Gasteiger partial charge in [0.2, 0.25) is 5.91 Å². The first-order chi connectivity index (χ1) is 8.84. The number of carbonyl (C=O) groups excluding carboxylic acids is 1. The Hall–Kier alpha value is -0.430. The maximum atomic E-state index is 12.4. The van der Waals surface area contributed by atoms with Crippen molar-refractivity contribution in [2.75, 3.05) is 18.5 Å². The lowest BCUT2D eigenvalue weighted by Crippen LogP contribution is -2.47. The number of benzene rings is 1. The number of carbonyl (C=O) groups is 1. The topological polar surface area (TPSA) is 64.3 Å². The molecule has 19 heavy (non-hydrogen) atoms. The molecule has 1 aliphatic heterocycles. The third kappa shape index (κ3) is 2.86. The predicted octanol–water partition coefficient (Wildman–Crippen LogP) is 2.82. The molecular formula is C13H16Br2N2O2. The van der Waals surface area contributed by atoms with Crippen LogP contribution in [0.25, 0.3) is 0 Å². The van der Waals surface area contributed by atoms with Crippen molar-refractivity contribution < 1.29 is 9.53 Å². The fraction of sp³-hybridized carbons (Fsp3) is 0.462. The molecule has 1 amide bonds. The van der Waals surface area contributed by atoms with E-state index in [1.54, 1.807) is 0 Å². The van der Waals surface area contributed by atoms with E-state index in [0.717, 1.165) is 20.2 Å². The number of anilines is 1. The monoisotopic (exact) mass is 390 g/mol. The van der Waals surface area contributed by atoms with Gasteiger partial charge in [-0.15, -0.1) is 0 Å². The average Bonchev–Trinajstić information content (AvgIpc) is 2.65. The van der Waals surface area contributed by atoms with Crippen LogP contribution in [-0.2, 0) is 9.53 Å². The van der Waals surface area contributed by atoms with Crippen molar-refractivity contribution in [1.82, 2.24) is 0 Å². The molecular weight excluding hydrogens is 376 g/mol. The van der Waals surface area contributed by atoms with Crippen LogP contribution in [0.3, 0.4) is 0 Å². The Bertz CT molecular complexity index is 498. The van der Waals surface area contributed by atoms with Gasteiger partial charge in [0, 0.05) is 15.0 Å². The highest BCUT2D eigenvalue weighted by atomic mass is 79.9. The lowest BCUT2D eigenvalue weighted by atomic mass is 9.85. The molecule has 1 aromatic rings. The number of aryl methyl sites for hydroxylation is 1. The van der Waals surface area contributed by atoms with Crippen LogP contribution in [0.1, 0.15) is 12.5 Å². The molecule has 3 N–H and O–H groups in total. The minimum absolute atomic E-state index is 0.122. The highest BCUT2D eigenvalue weighted by Gasteiger charge is 2.44. The molecule has 1 aliphatic rings. The van der Waals surface area contributed by atoms with Crippen molar-refractivity contribution in [3.63, 3.8) is 0 Å². The molecule has 1 aromatic carbocycles. The van der Waals surface area contributed by atoms with Gasteiger partial charge >= 0.3 is 0 Å². The van der Waals surface area contributed by atoms with Gasteiger partial charge in [-0.2, -0.15) is 0 Å². The van der Waals surface area contributed by atoms with Crippen LogP contribution in [0.4, 0.5) is 5.69 Å². The summed E-state index contributed by atoms with van der Waals surface area (Å²) in [7, 11) is 0. The molecule has 2 rings (SSSR count). The van der Waals surface area contributed by atoms with E-state index in [-0.39, 0.29) is 11.9 Å². The largest absolute Gasteiger partial charge is 0.379 e. The van der Waals surface area contributed by atoms with E-state index in [1.807, 2.05) is 26.0 Å². The van der Waals surface area contributed by atoms with Crippen molar-refractivity contribution in [3.05, 3.63) is 26.6 Å². The molecule has 0 spiro atoms. The number of amides is 1. The van der Waals surface area contributed by atoms with E-state index in [0.29, 0.717) is 13.2 Å². The predicted molar refractivity (Wildman–Crippen MR) is 82.1 cm³/mol. The van der Waals surface area contributed by atoms with Crippen molar-refractivity contribution in [2.24, 2.45) is 11.1 Å². The Labute approximate surface area is 129 Å². The second-order valence-electron chi connectivity index (χ2n) is 5.10. The number of rotatable bonds is 2. The van der Waals surface area contributed by atoms with Crippen LogP contribution in [-0.4, -0.2) is 25.2 Å². The highest BCUT2D eigenvalue weighted by molar-refractivity contribution is 9.11. The molecule has 0 saturated carbocycles. The second-order valence-corrected chi connectivity index (χ2v) is 6.81. The van der Waals surface area contributed by atoms with Gasteiger partial charge < -0.3 is 15.8 Å². The normalized spacial score (nSPS) is 26.5. The van der Waals surface area contributed by atoms with Gasteiger partial charge in [-0.25, -0.2) is 0 Å². The summed E-state index contributed by atoms with van der Waals surface area (Å²) in [5, 5.41) is 2.93. The van der Waals surface area contributed by atoms with Crippen LogP contribution in [0.15, 0.2) is 21.1 Å². The van der Waals surface area contributed by atoms with E-state index in [9.17, 15) is 4.79 Å². The third-order valence-corrected chi connectivity index (χ3v) is 4.71. The minimum atomic E-state index is -0.691. The Kier molecular flexibility index (Phi) is 4.35. The zero-order chi connectivity index (χ0) is 14.2. The number of hydrogen-bond donors (Lipinski definition) is 2.